The van der Waals surface area contributed by atoms with E-state index in [1.54, 1.807) is 16.7 Å². The molecule has 0 saturated heterocycles. The zero-order chi connectivity index (χ0) is 13.0. The van der Waals surface area contributed by atoms with E-state index in [1.165, 1.54) is 0 Å². The minimum absolute atomic E-state index is 0.146. The molecule has 18 heavy (non-hydrogen) atoms. The van der Waals surface area contributed by atoms with Gasteiger partial charge in [-0.05, 0) is 23.6 Å². The van der Waals surface area contributed by atoms with Crippen molar-refractivity contribution in [3.8, 4) is 18.4 Å². The molecular weight excluding hydrogens is 226 g/mol. The van der Waals surface area contributed by atoms with E-state index in [0.717, 1.165) is 10.9 Å². The van der Waals surface area contributed by atoms with Crippen LogP contribution in [0.5, 0.6) is 0 Å². The number of hydrogen-bond acceptors (Lipinski definition) is 2. The number of amides is 1. The molecule has 0 aliphatic rings. The van der Waals surface area contributed by atoms with Crippen LogP contribution in [0.25, 0.3) is 10.9 Å². The van der Waals surface area contributed by atoms with Crippen molar-refractivity contribution in [2.75, 3.05) is 6.54 Å². The summed E-state index contributed by atoms with van der Waals surface area (Å²) < 4.78 is 1.79. The summed E-state index contributed by atoms with van der Waals surface area (Å²) in [5.41, 5.74) is 1.44. The lowest BCUT2D eigenvalue weighted by Crippen LogP contribution is -2.27. The molecule has 1 aromatic carbocycles. The van der Waals surface area contributed by atoms with Crippen LogP contribution in [0, 0.1) is 23.7 Å². The first-order chi connectivity index (χ1) is 8.74. The maximum absolute atomic E-state index is 11.6. The van der Waals surface area contributed by atoms with Crippen LogP contribution in [0.3, 0.4) is 0 Å². The SMILES string of the molecule is C#CCNC(=O)Cn1ccc2ccc(C#N)cc21. The Morgan fingerprint density at radius 1 is 1.44 bits per heavy atom. The van der Waals surface area contributed by atoms with Gasteiger partial charge in [-0.25, -0.2) is 0 Å². The predicted molar refractivity (Wildman–Crippen MR) is 68.5 cm³/mol. The fourth-order valence-corrected chi connectivity index (χ4v) is 1.75. The van der Waals surface area contributed by atoms with Gasteiger partial charge in [0.1, 0.15) is 6.54 Å². The van der Waals surface area contributed by atoms with Crippen molar-refractivity contribution in [1.29, 1.82) is 5.26 Å². The predicted octanol–water partition coefficient (Wildman–Crippen LogP) is 1.26. The summed E-state index contributed by atoms with van der Waals surface area (Å²) in [5, 5.41) is 12.5. The number of carbonyl (C=O) groups is 1. The molecule has 88 valence electrons. The minimum Gasteiger partial charge on any atom is -0.344 e. The Balaban J connectivity index is 2.26. The third-order valence-corrected chi connectivity index (χ3v) is 2.60. The van der Waals surface area contributed by atoms with Crippen molar-refractivity contribution < 1.29 is 4.79 Å². The van der Waals surface area contributed by atoms with Gasteiger partial charge in [-0.2, -0.15) is 5.26 Å². The summed E-state index contributed by atoms with van der Waals surface area (Å²) in [6.45, 7) is 0.418. The molecular formula is C14H11N3O. The van der Waals surface area contributed by atoms with Crippen LogP contribution in [0.1, 0.15) is 5.56 Å². The number of hydrogen-bond donors (Lipinski definition) is 1. The van der Waals surface area contributed by atoms with Crippen molar-refractivity contribution in [2.24, 2.45) is 0 Å². The Morgan fingerprint density at radius 3 is 3.00 bits per heavy atom. The molecule has 0 bridgehead atoms. The first-order valence-corrected chi connectivity index (χ1v) is 5.44. The Morgan fingerprint density at radius 2 is 2.28 bits per heavy atom. The summed E-state index contributed by atoms with van der Waals surface area (Å²) in [6.07, 6.45) is 6.89. The second kappa shape index (κ2) is 5.07. The fraction of sp³-hybridized carbons (Fsp3) is 0.143. The lowest BCUT2D eigenvalue weighted by Gasteiger charge is -2.05. The highest BCUT2D eigenvalue weighted by atomic mass is 16.1. The number of carbonyl (C=O) groups excluding carboxylic acids is 1. The Labute approximate surface area is 105 Å². The van der Waals surface area contributed by atoms with Gasteiger partial charge < -0.3 is 9.88 Å². The van der Waals surface area contributed by atoms with E-state index < -0.39 is 0 Å². The van der Waals surface area contributed by atoms with Crippen molar-refractivity contribution in [2.45, 2.75) is 6.54 Å². The number of nitrogens with zero attached hydrogens (tertiary/aromatic N) is 2. The third kappa shape index (κ3) is 2.34. The van der Waals surface area contributed by atoms with Crippen molar-refractivity contribution in [3.05, 3.63) is 36.0 Å². The Bertz CT molecular complexity index is 670. The molecule has 0 unspecified atom stereocenters. The van der Waals surface area contributed by atoms with Crippen molar-refractivity contribution in [3.63, 3.8) is 0 Å². The van der Waals surface area contributed by atoms with Gasteiger partial charge in [-0.3, -0.25) is 4.79 Å². The molecule has 0 saturated carbocycles. The number of nitrogens with one attached hydrogen (secondary N) is 1. The van der Waals surface area contributed by atoms with Gasteiger partial charge in [-0.15, -0.1) is 6.42 Å². The van der Waals surface area contributed by atoms with Gasteiger partial charge in [0.05, 0.1) is 18.2 Å². The van der Waals surface area contributed by atoms with Crippen molar-refractivity contribution >= 4 is 16.8 Å². The normalized spacial score (nSPS) is 9.67. The monoisotopic (exact) mass is 237 g/mol. The molecule has 0 aliphatic heterocycles. The van der Waals surface area contributed by atoms with Gasteiger partial charge in [-0.1, -0.05) is 12.0 Å². The van der Waals surface area contributed by atoms with Crippen LogP contribution >= 0.6 is 0 Å². The van der Waals surface area contributed by atoms with Gasteiger partial charge in [0.2, 0.25) is 5.91 Å². The standard InChI is InChI=1S/C14H11N3O/c1-2-6-16-14(18)10-17-7-5-12-4-3-11(9-15)8-13(12)17/h1,3-5,7-8H,6,10H2,(H,16,18). The second-order valence-corrected chi connectivity index (χ2v) is 3.81. The summed E-state index contributed by atoms with van der Waals surface area (Å²) in [6, 6.07) is 9.38. The summed E-state index contributed by atoms with van der Waals surface area (Å²) in [5.74, 6) is 2.20. The third-order valence-electron chi connectivity index (χ3n) is 2.60. The van der Waals surface area contributed by atoms with Crippen LogP contribution in [0.4, 0.5) is 0 Å². The molecule has 2 rings (SSSR count). The minimum atomic E-state index is -0.146. The smallest absolute Gasteiger partial charge is 0.240 e. The highest BCUT2D eigenvalue weighted by molar-refractivity contribution is 5.84. The van der Waals surface area contributed by atoms with Gasteiger partial charge in [0, 0.05) is 11.7 Å². The van der Waals surface area contributed by atoms with Crippen LogP contribution in [0.15, 0.2) is 30.5 Å². The van der Waals surface area contributed by atoms with Crippen molar-refractivity contribution in [1.82, 2.24) is 9.88 Å². The fourth-order valence-electron chi connectivity index (χ4n) is 1.75. The molecule has 4 nitrogen and oxygen atoms in total. The molecule has 2 aromatic rings. The molecule has 4 heteroatoms. The maximum atomic E-state index is 11.6. The maximum Gasteiger partial charge on any atom is 0.240 e. The largest absolute Gasteiger partial charge is 0.344 e. The van der Waals surface area contributed by atoms with Crippen LogP contribution in [-0.2, 0) is 11.3 Å². The first kappa shape index (κ1) is 11.8. The van der Waals surface area contributed by atoms with E-state index in [9.17, 15) is 4.79 Å². The van der Waals surface area contributed by atoms with E-state index in [-0.39, 0.29) is 19.0 Å². The Hall–Kier alpha value is -2.72. The molecule has 1 heterocycles. The Kier molecular flexibility index (Phi) is 3.31. The van der Waals surface area contributed by atoms with Crippen LogP contribution < -0.4 is 5.32 Å². The van der Waals surface area contributed by atoms with E-state index in [0.29, 0.717) is 5.56 Å². The van der Waals surface area contributed by atoms with E-state index in [4.69, 9.17) is 11.7 Å². The van der Waals surface area contributed by atoms with E-state index in [2.05, 4.69) is 17.3 Å². The number of nitriles is 1. The number of terminal acetylenes is 1. The molecule has 0 fully saturated rings. The molecule has 0 radical (unpaired) electrons. The van der Waals surface area contributed by atoms with Gasteiger partial charge in [0.15, 0.2) is 0 Å². The summed E-state index contributed by atoms with van der Waals surface area (Å²) >= 11 is 0. The van der Waals surface area contributed by atoms with Crippen LogP contribution in [-0.4, -0.2) is 17.0 Å². The molecule has 0 aliphatic carbocycles. The van der Waals surface area contributed by atoms with Gasteiger partial charge >= 0.3 is 0 Å². The molecule has 1 N–H and O–H groups in total. The lowest BCUT2D eigenvalue weighted by molar-refractivity contribution is -0.121. The highest BCUT2D eigenvalue weighted by Gasteiger charge is 2.06. The van der Waals surface area contributed by atoms with E-state index >= 15 is 0 Å². The molecule has 1 aromatic heterocycles. The second-order valence-electron chi connectivity index (χ2n) is 3.81. The number of rotatable bonds is 3. The zero-order valence-electron chi connectivity index (χ0n) is 9.68. The number of benzene rings is 1. The highest BCUT2D eigenvalue weighted by Crippen LogP contribution is 2.17. The zero-order valence-corrected chi connectivity index (χ0v) is 9.68. The summed E-state index contributed by atoms with van der Waals surface area (Å²) in [4.78, 5) is 11.6. The number of aromatic nitrogens is 1. The average Bonchev–Trinajstić information content (AvgIpc) is 2.78. The first-order valence-electron chi connectivity index (χ1n) is 5.44. The molecule has 0 spiro atoms. The molecule has 1 amide bonds. The number of fused-ring (bicyclic) bond motifs is 1. The summed E-state index contributed by atoms with van der Waals surface area (Å²) in [7, 11) is 0. The quantitative estimate of drug-likeness (QED) is 0.817. The lowest BCUT2D eigenvalue weighted by atomic mass is 10.2. The van der Waals surface area contributed by atoms with Gasteiger partial charge in [0.25, 0.3) is 0 Å². The molecule has 0 atom stereocenters. The topological polar surface area (TPSA) is 57.8 Å². The average molecular weight is 237 g/mol. The van der Waals surface area contributed by atoms with Crippen LogP contribution in [0.2, 0.25) is 0 Å². The van der Waals surface area contributed by atoms with E-state index in [1.807, 2.05) is 18.3 Å².